The van der Waals surface area contributed by atoms with Gasteiger partial charge in [0.2, 0.25) is 5.91 Å². The number of ether oxygens (including phenoxy) is 1. The average molecular weight is 326 g/mol. The maximum absolute atomic E-state index is 12.4. The van der Waals surface area contributed by atoms with E-state index in [-0.39, 0.29) is 5.91 Å². The van der Waals surface area contributed by atoms with E-state index in [1.807, 2.05) is 30.3 Å². The van der Waals surface area contributed by atoms with Gasteiger partial charge in [-0.2, -0.15) is 0 Å². The first-order valence-electron chi connectivity index (χ1n) is 7.91. The summed E-state index contributed by atoms with van der Waals surface area (Å²) in [5.41, 5.74) is 8.02. The van der Waals surface area contributed by atoms with Crippen LogP contribution in [0, 0.1) is 5.92 Å². The summed E-state index contributed by atoms with van der Waals surface area (Å²) in [4.78, 5) is 24.2. The van der Waals surface area contributed by atoms with Gasteiger partial charge < -0.3 is 15.8 Å². The standard InChI is InChI=1S/C19H22N2O3/c1-3-24-19(23)15-10-7-11-16(12-15)21-18(22)13(2)17(20)14-8-5-4-6-9-14/h4-13,17H,3,20H2,1-2H3,(H,21,22). The first-order chi connectivity index (χ1) is 11.5. The minimum atomic E-state index is -0.418. The second-order valence-corrected chi connectivity index (χ2v) is 5.52. The molecule has 1 amide bonds. The molecule has 0 saturated heterocycles. The summed E-state index contributed by atoms with van der Waals surface area (Å²) in [6, 6.07) is 15.7. The maximum Gasteiger partial charge on any atom is 0.338 e. The number of hydrogen-bond donors (Lipinski definition) is 2. The highest BCUT2D eigenvalue weighted by Gasteiger charge is 2.22. The molecule has 0 aliphatic rings. The minimum Gasteiger partial charge on any atom is -0.462 e. The van der Waals surface area contributed by atoms with Crippen molar-refractivity contribution in [1.29, 1.82) is 0 Å². The lowest BCUT2D eigenvalue weighted by Crippen LogP contribution is -2.30. The number of nitrogens with one attached hydrogen (secondary N) is 1. The van der Waals surface area contributed by atoms with Crippen LogP contribution >= 0.6 is 0 Å². The van der Waals surface area contributed by atoms with Crippen molar-refractivity contribution >= 4 is 17.6 Å². The highest BCUT2D eigenvalue weighted by Crippen LogP contribution is 2.21. The number of carbonyl (C=O) groups is 2. The number of benzene rings is 2. The molecule has 5 heteroatoms. The fourth-order valence-electron chi connectivity index (χ4n) is 2.32. The molecule has 0 saturated carbocycles. The van der Waals surface area contributed by atoms with Crippen molar-refractivity contribution < 1.29 is 14.3 Å². The maximum atomic E-state index is 12.4. The van der Waals surface area contributed by atoms with E-state index in [9.17, 15) is 9.59 Å². The predicted octanol–water partition coefficient (Wildman–Crippen LogP) is 3.14. The molecular weight excluding hydrogens is 304 g/mol. The van der Waals surface area contributed by atoms with Crippen LogP contribution in [-0.4, -0.2) is 18.5 Å². The highest BCUT2D eigenvalue weighted by atomic mass is 16.5. The molecule has 2 unspecified atom stereocenters. The molecule has 5 nitrogen and oxygen atoms in total. The van der Waals surface area contributed by atoms with Crippen molar-refractivity contribution in [2.75, 3.05) is 11.9 Å². The van der Waals surface area contributed by atoms with E-state index in [4.69, 9.17) is 10.5 Å². The smallest absolute Gasteiger partial charge is 0.338 e. The van der Waals surface area contributed by atoms with E-state index in [1.165, 1.54) is 0 Å². The van der Waals surface area contributed by atoms with Gasteiger partial charge in [-0.05, 0) is 30.7 Å². The molecule has 3 N–H and O–H groups in total. The van der Waals surface area contributed by atoms with Crippen LogP contribution in [0.4, 0.5) is 5.69 Å². The van der Waals surface area contributed by atoms with Gasteiger partial charge in [0.1, 0.15) is 0 Å². The Morgan fingerprint density at radius 2 is 1.83 bits per heavy atom. The second kappa shape index (κ2) is 8.26. The summed E-state index contributed by atoms with van der Waals surface area (Å²) < 4.78 is 4.96. The van der Waals surface area contributed by atoms with E-state index in [0.29, 0.717) is 17.9 Å². The molecule has 0 aromatic heterocycles. The van der Waals surface area contributed by atoms with Gasteiger partial charge in [-0.1, -0.05) is 43.3 Å². The lowest BCUT2D eigenvalue weighted by Gasteiger charge is -2.20. The van der Waals surface area contributed by atoms with Crippen LogP contribution in [0.25, 0.3) is 0 Å². The highest BCUT2D eigenvalue weighted by molar-refractivity contribution is 5.95. The molecule has 0 bridgehead atoms. The van der Waals surface area contributed by atoms with Gasteiger partial charge in [0.25, 0.3) is 0 Å². The minimum absolute atomic E-state index is 0.202. The monoisotopic (exact) mass is 326 g/mol. The summed E-state index contributed by atoms with van der Waals surface area (Å²) in [5, 5.41) is 2.80. The van der Waals surface area contributed by atoms with Gasteiger partial charge in [0.15, 0.2) is 0 Å². The second-order valence-electron chi connectivity index (χ2n) is 5.52. The molecule has 2 aromatic carbocycles. The number of carbonyl (C=O) groups excluding carboxylic acids is 2. The third kappa shape index (κ3) is 4.43. The van der Waals surface area contributed by atoms with E-state index < -0.39 is 17.9 Å². The first kappa shape index (κ1) is 17.7. The van der Waals surface area contributed by atoms with Crippen molar-refractivity contribution in [1.82, 2.24) is 0 Å². The van der Waals surface area contributed by atoms with Gasteiger partial charge in [0.05, 0.1) is 18.1 Å². The van der Waals surface area contributed by atoms with Crippen LogP contribution in [0.5, 0.6) is 0 Å². The van der Waals surface area contributed by atoms with Crippen molar-refractivity contribution in [2.45, 2.75) is 19.9 Å². The summed E-state index contributed by atoms with van der Waals surface area (Å²) in [6.07, 6.45) is 0. The van der Waals surface area contributed by atoms with Crippen LogP contribution in [0.2, 0.25) is 0 Å². The van der Waals surface area contributed by atoms with Crippen molar-refractivity contribution in [3.8, 4) is 0 Å². The Morgan fingerprint density at radius 1 is 1.12 bits per heavy atom. The predicted molar refractivity (Wildman–Crippen MR) is 93.6 cm³/mol. The van der Waals surface area contributed by atoms with Gasteiger partial charge in [0, 0.05) is 11.7 Å². The summed E-state index contributed by atoms with van der Waals surface area (Å²) in [7, 11) is 0. The Morgan fingerprint density at radius 3 is 2.50 bits per heavy atom. The van der Waals surface area contributed by atoms with E-state index in [2.05, 4.69) is 5.32 Å². The Balaban J connectivity index is 2.06. The molecule has 2 atom stereocenters. The van der Waals surface area contributed by atoms with Crippen LogP contribution in [0.15, 0.2) is 54.6 Å². The molecule has 126 valence electrons. The zero-order valence-corrected chi connectivity index (χ0v) is 13.9. The molecular formula is C19H22N2O3. The number of esters is 1. The third-order valence-corrected chi connectivity index (χ3v) is 3.78. The number of hydrogen-bond acceptors (Lipinski definition) is 4. The number of amides is 1. The van der Waals surface area contributed by atoms with Crippen molar-refractivity contribution in [2.24, 2.45) is 11.7 Å². The fraction of sp³-hybridized carbons (Fsp3) is 0.263. The zero-order valence-electron chi connectivity index (χ0n) is 13.9. The molecule has 0 radical (unpaired) electrons. The Hall–Kier alpha value is -2.66. The topological polar surface area (TPSA) is 81.4 Å². The number of anilines is 1. The van der Waals surface area contributed by atoms with Crippen LogP contribution in [0.1, 0.15) is 35.8 Å². The van der Waals surface area contributed by atoms with E-state index in [0.717, 1.165) is 5.56 Å². The van der Waals surface area contributed by atoms with Gasteiger partial charge in [-0.25, -0.2) is 4.79 Å². The van der Waals surface area contributed by atoms with Gasteiger partial charge >= 0.3 is 5.97 Å². The van der Waals surface area contributed by atoms with Crippen molar-refractivity contribution in [3.63, 3.8) is 0 Å². The molecule has 24 heavy (non-hydrogen) atoms. The Labute approximate surface area is 141 Å². The zero-order chi connectivity index (χ0) is 17.5. The summed E-state index contributed by atoms with van der Waals surface area (Å²) >= 11 is 0. The summed E-state index contributed by atoms with van der Waals surface area (Å²) in [6.45, 7) is 3.83. The van der Waals surface area contributed by atoms with E-state index in [1.54, 1.807) is 38.1 Å². The van der Waals surface area contributed by atoms with Crippen LogP contribution in [0.3, 0.4) is 0 Å². The van der Waals surface area contributed by atoms with Gasteiger partial charge in [-0.3, -0.25) is 4.79 Å². The molecule has 2 aromatic rings. The third-order valence-electron chi connectivity index (χ3n) is 3.78. The molecule has 2 rings (SSSR count). The summed E-state index contributed by atoms with van der Waals surface area (Å²) in [5.74, 6) is -1.03. The molecule has 0 fully saturated rings. The van der Waals surface area contributed by atoms with E-state index >= 15 is 0 Å². The van der Waals surface area contributed by atoms with Crippen LogP contribution in [-0.2, 0) is 9.53 Å². The molecule has 0 spiro atoms. The Bertz CT molecular complexity index is 701. The van der Waals surface area contributed by atoms with Crippen LogP contribution < -0.4 is 11.1 Å². The molecule has 0 aliphatic carbocycles. The first-order valence-corrected chi connectivity index (χ1v) is 7.91. The number of rotatable bonds is 6. The largest absolute Gasteiger partial charge is 0.462 e. The van der Waals surface area contributed by atoms with Gasteiger partial charge in [-0.15, -0.1) is 0 Å². The lowest BCUT2D eigenvalue weighted by atomic mass is 9.94. The average Bonchev–Trinajstić information content (AvgIpc) is 2.61. The molecule has 0 heterocycles. The quantitative estimate of drug-likeness (QED) is 0.799. The lowest BCUT2D eigenvalue weighted by molar-refractivity contribution is -0.120. The molecule has 0 aliphatic heterocycles. The normalized spacial score (nSPS) is 13.0. The fourth-order valence-corrected chi connectivity index (χ4v) is 2.32. The number of nitrogens with two attached hydrogens (primary N) is 1. The van der Waals surface area contributed by atoms with Crippen molar-refractivity contribution in [3.05, 3.63) is 65.7 Å². The Kier molecular flexibility index (Phi) is 6.09. The SMILES string of the molecule is CCOC(=O)c1cccc(NC(=O)C(C)C(N)c2ccccc2)c1.